The molecule has 1 N–H and O–H groups in total. The number of rotatable bonds is 4. The Morgan fingerprint density at radius 1 is 1.03 bits per heavy atom. The number of benzene rings is 2. The number of nitrogens with zero attached hydrogens (tertiary/aromatic N) is 2. The summed E-state index contributed by atoms with van der Waals surface area (Å²) >= 11 is 0. The van der Waals surface area contributed by atoms with Crippen LogP contribution in [0.15, 0.2) is 42.5 Å². The van der Waals surface area contributed by atoms with Gasteiger partial charge in [-0.05, 0) is 50.1 Å². The monoisotopic (exact) mass is 393 g/mol. The lowest BCUT2D eigenvalue weighted by Crippen LogP contribution is -2.41. The number of carbonyl (C=O) groups excluding carboxylic acids is 2. The Kier molecular flexibility index (Phi) is 5.53. The van der Waals surface area contributed by atoms with Crippen molar-refractivity contribution in [2.24, 2.45) is 0 Å². The zero-order valence-corrected chi connectivity index (χ0v) is 17.0. The van der Waals surface area contributed by atoms with Gasteiger partial charge < -0.3 is 19.9 Å². The molecule has 29 heavy (non-hydrogen) atoms. The summed E-state index contributed by atoms with van der Waals surface area (Å²) in [6.07, 6.45) is 0.730. The zero-order valence-electron chi connectivity index (χ0n) is 17.0. The second-order valence-electron chi connectivity index (χ2n) is 7.69. The smallest absolute Gasteiger partial charge is 0.254 e. The van der Waals surface area contributed by atoms with Crippen LogP contribution in [-0.4, -0.2) is 55.6 Å². The summed E-state index contributed by atoms with van der Waals surface area (Å²) in [7, 11) is 0. The Balaban J connectivity index is 1.49. The average molecular weight is 393 g/mol. The summed E-state index contributed by atoms with van der Waals surface area (Å²) in [6, 6.07) is 13.4. The van der Waals surface area contributed by atoms with Crippen molar-refractivity contribution in [2.45, 2.75) is 26.3 Å². The van der Waals surface area contributed by atoms with E-state index in [1.807, 2.05) is 66.1 Å². The predicted octanol–water partition coefficient (Wildman–Crippen LogP) is 2.99. The molecule has 2 aliphatic heterocycles. The van der Waals surface area contributed by atoms with Crippen LogP contribution >= 0.6 is 0 Å². The van der Waals surface area contributed by atoms with Gasteiger partial charge in [0, 0.05) is 36.6 Å². The molecular formula is C23H27N3O3. The lowest BCUT2D eigenvalue weighted by molar-refractivity contribution is -0.117. The molecule has 0 spiro atoms. The highest BCUT2D eigenvalue weighted by Crippen LogP contribution is 2.27. The SMILES string of the molecule is Cc1ccc(N2CCC(Nc3cccc(C(=O)N4CCOCC4)c3C)C2=O)cc1. The molecule has 0 saturated carbocycles. The molecule has 2 saturated heterocycles. The lowest BCUT2D eigenvalue weighted by atomic mass is 10.0. The zero-order chi connectivity index (χ0) is 20.4. The molecule has 0 aliphatic carbocycles. The molecule has 0 aromatic heterocycles. The normalized spacial score (nSPS) is 19.5. The maximum Gasteiger partial charge on any atom is 0.254 e. The molecule has 6 nitrogen and oxygen atoms in total. The second kappa shape index (κ2) is 8.25. The van der Waals surface area contributed by atoms with Crippen LogP contribution in [0.25, 0.3) is 0 Å². The highest BCUT2D eigenvalue weighted by molar-refractivity contribution is 6.02. The van der Waals surface area contributed by atoms with E-state index in [-0.39, 0.29) is 17.9 Å². The molecule has 1 atom stereocenters. The maximum atomic E-state index is 12.9. The molecule has 0 bridgehead atoms. The van der Waals surface area contributed by atoms with Gasteiger partial charge in [0.05, 0.1) is 13.2 Å². The average Bonchev–Trinajstić information content (AvgIpc) is 3.10. The molecule has 0 radical (unpaired) electrons. The Labute approximate surface area is 171 Å². The van der Waals surface area contributed by atoms with Gasteiger partial charge >= 0.3 is 0 Å². The van der Waals surface area contributed by atoms with E-state index in [1.54, 1.807) is 0 Å². The minimum absolute atomic E-state index is 0.0217. The summed E-state index contributed by atoms with van der Waals surface area (Å²) < 4.78 is 5.34. The largest absolute Gasteiger partial charge is 0.378 e. The van der Waals surface area contributed by atoms with E-state index in [1.165, 1.54) is 5.56 Å². The first-order chi connectivity index (χ1) is 14.0. The Hall–Kier alpha value is -2.86. The first-order valence-corrected chi connectivity index (χ1v) is 10.2. The third kappa shape index (κ3) is 3.98. The molecule has 2 heterocycles. The number of amides is 2. The van der Waals surface area contributed by atoms with Crippen molar-refractivity contribution in [3.05, 3.63) is 59.2 Å². The molecule has 152 valence electrons. The van der Waals surface area contributed by atoms with Gasteiger partial charge in [-0.2, -0.15) is 0 Å². The van der Waals surface area contributed by atoms with E-state index in [9.17, 15) is 9.59 Å². The van der Waals surface area contributed by atoms with Gasteiger partial charge in [0.25, 0.3) is 5.91 Å². The number of hydrogen-bond acceptors (Lipinski definition) is 4. The molecule has 6 heteroatoms. The second-order valence-corrected chi connectivity index (χ2v) is 7.69. The minimum Gasteiger partial charge on any atom is -0.378 e. The third-order valence-corrected chi connectivity index (χ3v) is 5.74. The van der Waals surface area contributed by atoms with Crippen LogP contribution < -0.4 is 10.2 Å². The van der Waals surface area contributed by atoms with E-state index in [2.05, 4.69) is 5.32 Å². The summed E-state index contributed by atoms with van der Waals surface area (Å²) in [5.74, 6) is 0.0895. The van der Waals surface area contributed by atoms with Gasteiger partial charge in [-0.3, -0.25) is 9.59 Å². The number of nitrogens with one attached hydrogen (secondary N) is 1. The molecule has 2 aromatic carbocycles. The topological polar surface area (TPSA) is 61.9 Å². The third-order valence-electron chi connectivity index (χ3n) is 5.74. The number of ether oxygens (including phenoxy) is 1. The number of morpholine rings is 1. The van der Waals surface area contributed by atoms with Gasteiger partial charge in [0.15, 0.2) is 0 Å². The van der Waals surface area contributed by atoms with Crippen molar-refractivity contribution in [3.8, 4) is 0 Å². The van der Waals surface area contributed by atoms with Crippen LogP contribution in [0.1, 0.15) is 27.9 Å². The summed E-state index contributed by atoms with van der Waals surface area (Å²) in [6.45, 7) is 7.04. The highest BCUT2D eigenvalue weighted by Gasteiger charge is 2.33. The van der Waals surface area contributed by atoms with Crippen LogP contribution in [-0.2, 0) is 9.53 Å². The van der Waals surface area contributed by atoms with Crippen molar-refractivity contribution in [3.63, 3.8) is 0 Å². The van der Waals surface area contributed by atoms with Crippen molar-refractivity contribution in [1.82, 2.24) is 4.90 Å². The van der Waals surface area contributed by atoms with Gasteiger partial charge in [0.2, 0.25) is 5.91 Å². The fraction of sp³-hybridized carbons (Fsp3) is 0.391. The van der Waals surface area contributed by atoms with E-state index >= 15 is 0 Å². The maximum absolute atomic E-state index is 12.9. The standard InChI is InChI=1S/C23H27N3O3/c1-16-6-8-18(9-7-16)26-11-10-21(23(26)28)24-20-5-3-4-19(17(20)2)22(27)25-12-14-29-15-13-25/h3-9,21,24H,10-15H2,1-2H3. The Bertz CT molecular complexity index is 904. The first-order valence-electron chi connectivity index (χ1n) is 10.2. The number of hydrogen-bond donors (Lipinski definition) is 1. The van der Waals surface area contributed by atoms with E-state index in [4.69, 9.17) is 4.74 Å². The van der Waals surface area contributed by atoms with E-state index in [0.29, 0.717) is 38.4 Å². The molecule has 4 rings (SSSR count). The van der Waals surface area contributed by atoms with Gasteiger partial charge in [-0.1, -0.05) is 23.8 Å². The first kappa shape index (κ1) is 19.5. The molecule has 1 unspecified atom stereocenters. The number of anilines is 2. The van der Waals surface area contributed by atoms with Crippen molar-refractivity contribution < 1.29 is 14.3 Å². The van der Waals surface area contributed by atoms with Crippen molar-refractivity contribution in [1.29, 1.82) is 0 Å². The van der Waals surface area contributed by atoms with Crippen LogP contribution in [0.5, 0.6) is 0 Å². The molecule has 2 aromatic rings. The quantitative estimate of drug-likeness (QED) is 0.868. The van der Waals surface area contributed by atoms with Crippen LogP contribution in [0.4, 0.5) is 11.4 Å². The number of carbonyl (C=O) groups is 2. The Morgan fingerprint density at radius 3 is 2.48 bits per heavy atom. The van der Waals surface area contributed by atoms with Gasteiger partial charge in [0.1, 0.15) is 6.04 Å². The van der Waals surface area contributed by atoms with Gasteiger partial charge in [-0.15, -0.1) is 0 Å². The minimum atomic E-state index is -0.288. The predicted molar refractivity (Wildman–Crippen MR) is 113 cm³/mol. The Morgan fingerprint density at radius 2 is 1.76 bits per heavy atom. The molecule has 2 amide bonds. The van der Waals surface area contributed by atoms with Crippen LogP contribution in [0.2, 0.25) is 0 Å². The molecule has 2 aliphatic rings. The van der Waals surface area contributed by atoms with Gasteiger partial charge in [-0.25, -0.2) is 0 Å². The summed E-state index contributed by atoms with van der Waals surface area (Å²) in [5, 5.41) is 3.38. The molecule has 2 fully saturated rings. The summed E-state index contributed by atoms with van der Waals surface area (Å²) in [4.78, 5) is 29.5. The summed E-state index contributed by atoms with van der Waals surface area (Å²) in [5.41, 5.74) is 4.50. The van der Waals surface area contributed by atoms with Crippen molar-refractivity contribution in [2.75, 3.05) is 43.1 Å². The van der Waals surface area contributed by atoms with Crippen molar-refractivity contribution >= 4 is 23.2 Å². The number of aryl methyl sites for hydroxylation is 1. The fourth-order valence-corrected chi connectivity index (χ4v) is 3.94. The van der Waals surface area contributed by atoms with Crippen LogP contribution in [0, 0.1) is 13.8 Å². The fourth-order valence-electron chi connectivity index (χ4n) is 3.94. The highest BCUT2D eigenvalue weighted by atomic mass is 16.5. The van der Waals surface area contributed by atoms with E-state index < -0.39 is 0 Å². The molecular weight excluding hydrogens is 366 g/mol. The lowest BCUT2D eigenvalue weighted by Gasteiger charge is -2.28. The van der Waals surface area contributed by atoms with E-state index in [0.717, 1.165) is 23.4 Å². The van der Waals surface area contributed by atoms with Crippen LogP contribution in [0.3, 0.4) is 0 Å².